The Bertz CT molecular complexity index is 695. The van der Waals surface area contributed by atoms with Crippen LogP contribution >= 0.6 is 0 Å². The topological polar surface area (TPSA) is 62.0 Å². The van der Waals surface area contributed by atoms with Gasteiger partial charge in [0.05, 0.1) is 0 Å². The molecule has 4 heteroatoms. The maximum Gasteiger partial charge on any atom is 0.268 e. The number of nitrogens with one attached hydrogen (secondary N) is 2. The summed E-state index contributed by atoms with van der Waals surface area (Å²) in [7, 11) is 0. The molecule has 136 valence electrons. The van der Waals surface area contributed by atoms with Gasteiger partial charge in [0.15, 0.2) is 5.78 Å². The Morgan fingerprint density at radius 3 is 2.04 bits per heavy atom. The van der Waals surface area contributed by atoms with Crippen LogP contribution in [0.25, 0.3) is 0 Å². The SMILES string of the molecule is CC(=O)c1c(C)[nH]c(C(=O)NC(C)C23CC4CC(CC(C4)C2)C3)c1C. The van der Waals surface area contributed by atoms with Crippen LogP contribution in [0.3, 0.4) is 0 Å². The fourth-order valence-corrected chi connectivity index (χ4v) is 6.64. The Morgan fingerprint density at radius 1 is 1.08 bits per heavy atom. The highest BCUT2D eigenvalue weighted by Crippen LogP contribution is 2.61. The van der Waals surface area contributed by atoms with Crippen LogP contribution < -0.4 is 5.32 Å². The van der Waals surface area contributed by atoms with E-state index in [1.165, 1.54) is 38.5 Å². The van der Waals surface area contributed by atoms with Crippen LogP contribution in [0.5, 0.6) is 0 Å². The predicted molar refractivity (Wildman–Crippen MR) is 97.8 cm³/mol. The number of ketones is 1. The van der Waals surface area contributed by atoms with E-state index in [0.29, 0.717) is 16.7 Å². The van der Waals surface area contributed by atoms with Crippen LogP contribution in [-0.4, -0.2) is 22.7 Å². The second kappa shape index (κ2) is 5.72. The number of hydrogen-bond acceptors (Lipinski definition) is 2. The lowest BCUT2D eigenvalue weighted by Crippen LogP contribution is -2.55. The van der Waals surface area contributed by atoms with Gasteiger partial charge in [-0.15, -0.1) is 0 Å². The van der Waals surface area contributed by atoms with Crippen LogP contribution in [0, 0.1) is 37.0 Å². The zero-order chi connectivity index (χ0) is 17.9. The van der Waals surface area contributed by atoms with Crippen LogP contribution in [0.1, 0.15) is 84.5 Å². The molecule has 1 aromatic rings. The highest BCUT2D eigenvalue weighted by molar-refractivity contribution is 6.02. The average Bonchev–Trinajstić information content (AvgIpc) is 2.80. The summed E-state index contributed by atoms with van der Waals surface area (Å²) < 4.78 is 0. The van der Waals surface area contributed by atoms with Crippen LogP contribution in [0.4, 0.5) is 0 Å². The Balaban J connectivity index is 1.53. The van der Waals surface area contributed by atoms with Crippen molar-refractivity contribution in [3.8, 4) is 0 Å². The number of carbonyl (C=O) groups excluding carboxylic acids is 2. The molecule has 4 saturated carbocycles. The first-order valence-electron chi connectivity index (χ1n) is 9.80. The number of aromatic amines is 1. The van der Waals surface area contributed by atoms with Gasteiger partial charge >= 0.3 is 0 Å². The molecule has 4 aliphatic carbocycles. The van der Waals surface area contributed by atoms with E-state index in [1.54, 1.807) is 6.92 Å². The van der Waals surface area contributed by atoms with Gasteiger partial charge in [0.2, 0.25) is 0 Å². The van der Waals surface area contributed by atoms with Gasteiger partial charge in [-0.1, -0.05) is 0 Å². The lowest BCUT2D eigenvalue weighted by Gasteiger charge is -2.59. The van der Waals surface area contributed by atoms with Crippen molar-refractivity contribution in [1.82, 2.24) is 10.3 Å². The summed E-state index contributed by atoms with van der Waals surface area (Å²) in [4.78, 5) is 27.9. The van der Waals surface area contributed by atoms with Crippen LogP contribution in [-0.2, 0) is 0 Å². The number of amides is 1. The third kappa shape index (κ3) is 2.65. The first-order chi connectivity index (χ1) is 11.8. The molecule has 1 heterocycles. The Kier molecular flexibility index (Phi) is 3.86. The number of Topliss-reactive ketones (excluding diaryl/α,β-unsaturated/α-hetero) is 1. The minimum Gasteiger partial charge on any atom is -0.354 e. The van der Waals surface area contributed by atoms with E-state index in [-0.39, 0.29) is 17.7 Å². The summed E-state index contributed by atoms with van der Waals surface area (Å²) in [5, 5.41) is 3.29. The van der Waals surface area contributed by atoms with Crippen molar-refractivity contribution >= 4 is 11.7 Å². The third-order valence-corrected chi connectivity index (χ3v) is 7.37. The molecule has 1 amide bonds. The first-order valence-corrected chi connectivity index (χ1v) is 9.80. The van der Waals surface area contributed by atoms with E-state index >= 15 is 0 Å². The molecule has 5 rings (SSSR count). The van der Waals surface area contributed by atoms with Gasteiger partial charge in [0.1, 0.15) is 5.69 Å². The number of hydrogen-bond donors (Lipinski definition) is 2. The number of aromatic nitrogens is 1. The summed E-state index contributed by atoms with van der Waals surface area (Å²) in [5.41, 5.74) is 3.08. The van der Waals surface area contributed by atoms with Crippen molar-refractivity contribution < 1.29 is 9.59 Å². The highest BCUT2D eigenvalue weighted by Gasteiger charge is 2.53. The standard InChI is InChI=1S/C21H30N2O2/c1-11-18(13(3)24)12(2)22-19(11)20(25)23-14(4)21-8-15-5-16(9-21)7-17(6-15)10-21/h14-17,22H,5-10H2,1-4H3,(H,23,25). The minimum absolute atomic E-state index is 0.0134. The summed E-state index contributed by atoms with van der Waals surface area (Å²) in [6.07, 6.45) is 8.08. The molecule has 1 atom stereocenters. The Labute approximate surface area is 150 Å². The molecular weight excluding hydrogens is 312 g/mol. The molecule has 1 unspecified atom stereocenters. The van der Waals surface area contributed by atoms with Gasteiger partial charge in [-0.3, -0.25) is 9.59 Å². The molecule has 4 fully saturated rings. The largest absolute Gasteiger partial charge is 0.354 e. The molecule has 0 aliphatic heterocycles. The molecule has 4 nitrogen and oxygen atoms in total. The average molecular weight is 342 g/mol. The van der Waals surface area contributed by atoms with Gasteiger partial charge in [0, 0.05) is 17.3 Å². The molecule has 4 aliphatic rings. The predicted octanol–water partition coefficient (Wildman–Crippen LogP) is 4.17. The van der Waals surface area contributed by atoms with Crippen molar-refractivity contribution in [2.75, 3.05) is 0 Å². The van der Waals surface area contributed by atoms with Crippen molar-refractivity contribution in [1.29, 1.82) is 0 Å². The number of carbonyl (C=O) groups is 2. The number of rotatable bonds is 4. The van der Waals surface area contributed by atoms with Gasteiger partial charge in [-0.2, -0.15) is 0 Å². The van der Waals surface area contributed by atoms with Gasteiger partial charge in [-0.25, -0.2) is 0 Å². The molecular formula is C21H30N2O2. The van der Waals surface area contributed by atoms with E-state index < -0.39 is 0 Å². The van der Waals surface area contributed by atoms with Crippen molar-refractivity contribution in [2.45, 2.75) is 72.3 Å². The maximum atomic E-state index is 12.9. The molecule has 1 aromatic heterocycles. The van der Waals surface area contributed by atoms with Crippen LogP contribution in [0.2, 0.25) is 0 Å². The Morgan fingerprint density at radius 2 is 1.60 bits per heavy atom. The molecule has 0 spiro atoms. The summed E-state index contributed by atoms with van der Waals surface area (Å²) in [5.74, 6) is 2.59. The smallest absolute Gasteiger partial charge is 0.268 e. The third-order valence-electron chi connectivity index (χ3n) is 7.37. The second-order valence-electron chi connectivity index (χ2n) is 9.16. The van der Waals surface area contributed by atoms with Crippen LogP contribution in [0.15, 0.2) is 0 Å². The molecule has 0 saturated heterocycles. The van der Waals surface area contributed by atoms with Crippen molar-refractivity contribution in [3.63, 3.8) is 0 Å². The summed E-state index contributed by atoms with van der Waals surface area (Å²) in [6, 6.07) is 0.192. The van der Waals surface area contributed by atoms with Crippen molar-refractivity contribution in [2.24, 2.45) is 23.2 Å². The van der Waals surface area contributed by atoms with Gasteiger partial charge in [-0.05, 0) is 95.0 Å². The zero-order valence-electron chi connectivity index (χ0n) is 15.9. The Hall–Kier alpha value is -1.58. The first kappa shape index (κ1) is 16.9. The fourth-order valence-electron chi connectivity index (χ4n) is 6.64. The minimum atomic E-state index is -0.0589. The van der Waals surface area contributed by atoms with Gasteiger partial charge in [0.25, 0.3) is 5.91 Å². The second-order valence-corrected chi connectivity index (χ2v) is 9.16. The van der Waals surface area contributed by atoms with E-state index in [4.69, 9.17) is 0 Å². The quantitative estimate of drug-likeness (QED) is 0.807. The highest BCUT2D eigenvalue weighted by atomic mass is 16.2. The van der Waals surface area contributed by atoms with E-state index in [0.717, 1.165) is 29.0 Å². The summed E-state index contributed by atoms with van der Waals surface area (Å²) >= 11 is 0. The normalized spacial score (nSPS) is 34.2. The van der Waals surface area contributed by atoms with E-state index in [1.807, 2.05) is 13.8 Å². The van der Waals surface area contributed by atoms with E-state index in [2.05, 4.69) is 17.2 Å². The maximum absolute atomic E-state index is 12.9. The fraction of sp³-hybridized carbons (Fsp3) is 0.714. The lowest BCUT2D eigenvalue weighted by atomic mass is 9.48. The molecule has 2 N–H and O–H groups in total. The van der Waals surface area contributed by atoms with E-state index in [9.17, 15) is 9.59 Å². The molecule has 0 aromatic carbocycles. The lowest BCUT2D eigenvalue weighted by molar-refractivity contribution is -0.0688. The van der Waals surface area contributed by atoms with Gasteiger partial charge < -0.3 is 10.3 Å². The monoisotopic (exact) mass is 342 g/mol. The zero-order valence-corrected chi connectivity index (χ0v) is 15.9. The number of aryl methyl sites for hydroxylation is 1. The molecule has 4 bridgehead atoms. The molecule has 25 heavy (non-hydrogen) atoms. The summed E-state index contributed by atoms with van der Waals surface area (Å²) in [6.45, 7) is 7.48. The number of H-pyrrole nitrogens is 1. The van der Waals surface area contributed by atoms with Crippen molar-refractivity contribution in [3.05, 3.63) is 22.5 Å². The molecule has 0 radical (unpaired) electrons.